The van der Waals surface area contributed by atoms with E-state index in [1.54, 1.807) is 24.3 Å². The molecule has 0 spiro atoms. The molecule has 0 saturated heterocycles. The zero-order valence-electron chi connectivity index (χ0n) is 23.4. The molecule has 2 aromatic carbocycles. The number of benzene rings is 2. The molecule has 0 aliphatic carbocycles. The Bertz CT molecular complexity index is 1570. The Kier molecular flexibility index (Phi) is 9.12. The van der Waals surface area contributed by atoms with Crippen LogP contribution in [0.5, 0.6) is 0 Å². The number of carbonyl (C=O) groups excluding carboxylic acids is 2. The lowest BCUT2D eigenvalue weighted by Gasteiger charge is -2.23. The molecule has 1 unspecified atom stereocenters. The highest BCUT2D eigenvalue weighted by atomic mass is 35.5. The highest BCUT2D eigenvalue weighted by Crippen LogP contribution is 2.34. The Labute approximate surface area is 248 Å². The fraction of sp³-hybridized carbons (Fsp3) is 0.310. The van der Waals surface area contributed by atoms with Crippen molar-refractivity contribution < 1.29 is 14.3 Å². The summed E-state index contributed by atoms with van der Waals surface area (Å²) in [5, 5.41) is 17.7. The van der Waals surface area contributed by atoms with Crippen LogP contribution in [0.4, 0.5) is 16.2 Å². The van der Waals surface area contributed by atoms with Crippen molar-refractivity contribution in [2.24, 2.45) is 0 Å². The molecule has 3 heterocycles. The number of rotatable bonds is 5. The second kappa shape index (κ2) is 13.3. The van der Waals surface area contributed by atoms with Gasteiger partial charge in [0.05, 0.1) is 24.5 Å². The number of ether oxygens (including phenoxy) is 1. The van der Waals surface area contributed by atoms with E-state index in [0.29, 0.717) is 27.8 Å². The first-order valence-electron chi connectivity index (χ1n) is 13.7. The number of fused-ring (bicyclic) bond motifs is 4. The summed E-state index contributed by atoms with van der Waals surface area (Å²) in [6.45, 7) is 0.854. The summed E-state index contributed by atoms with van der Waals surface area (Å²) in [7, 11) is 3.37. The van der Waals surface area contributed by atoms with E-state index in [4.69, 9.17) is 21.3 Å². The van der Waals surface area contributed by atoms with Crippen molar-refractivity contribution >= 4 is 41.1 Å². The zero-order chi connectivity index (χ0) is 29.5. The molecule has 5 rings (SSSR count). The third-order valence-electron chi connectivity index (χ3n) is 7.10. The van der Waals surface area contributed by atoms with E-state index in [-0.39, 0.29) is 11.9 Å². The second-order valence-corrected chi connectivity index (χ2v) is 10.4. The number of carbonyl (C=O) groups is 2. The number of aromatic nitrogens is 6. The van der Waals surface area contributed by atoms with Gasteiger partial charge in [-0.15, -0.1) is 5.10 Å². The van der Waals surface area contributed by atoms with Gasteiger partial charge in [-0.3, -0.25) is 10.1 Å². The first-order chi connectivity index (χ1) is 20.4. The highest BCUT2D eigenvalue weighted by molar-refractivity contribution is 6.30. The zero-order valence-corrected chi connectivity index (χ0v) is 24.1. The molecule has 2 aromatic heterocycles. The lowest BCUT2D eigenvalue weighted by Crippen LogP contribution is -2.27. The van der Waals surface area contributed by atoms with Crippen LogP contribution < -0.4 is 15.5 Å². The molecule has 42 heavy (non-hydrogen) atoms. The number of hydrogen-bond donors (Lipinski definition) is 3. The summed E-state index contributed by atoms with van der Waals surface area (Å²) in [4.78, 5) is 35.3. The fourth-order valence-corrected chi connectivity index (χ4v) is 5.12. The highest BCUT2D eigenvalue weighted by Gasteiger charge is 2.20. The van der Waals surface area contributed by atoms with E-state index < -0.39 is 6.09 Å². The van der Waals surface area contributed by atoms with E-state index in [1.165, 1.54) is 24.2 Å². The average molecular weight is 590 g/mol. The molecule has 4 aromatic rings. The minimum absolute atomic E-state index is 0.261. The second-order valence-electron chi connectivity index (χ2n) is 10.00. The number of hydrogen-bond acceptors (Lipinski definition) is 8. The quantitative estimate of drug-likeness (QED) is 0.271. The molecule has 218 valence electrons. The van der Waals surface area contributed by atoms with Gasteiger partial charge in [0.15, 0.2) is 0 Å². The van der Waals surface area contributed by atoms with Crippen LogP contribution in [-0.4, -0.2) is 62.9 Å². The molecule has 13 heteroatoms. The number of imidazole rings is 1. The lowest BCUT2D eigenvalue weighted by molar-refractivity contribution is -0.117. The minimum Gasteiger partial charge on any atom is -0.453 e. The van der Waals surface area contributed by atoms with Crippen molar-refractivity contribution in [2.75, 3.05) is 30.9 Å². The maximum Gasteiger partial charge on any atom is 0.411 e. The van der Waals surface area contributed by atoms with Crippen molar-refractivity contribution in [3.05, 3.63) is 71.4 Å². The SMILES string of the molecule is COC(=O)Nc1ccc2c(c1)N(C)CCCCCCC(NC(=O)/C=C/c1cc(Cl)ccc1-n1cnnn1)c1nc-2c[nH]1. The third kappa shape index (κ3) is 6.95. The van der Waals surface area contributed by atoms with E-state index in [9.17, 15) is 9.59 Å². The van der Waals surface area contributed by atoms with Crippen LogP contribution in [0.2, 0.25) is 5.02 Å². The first-order valence-corrected chi connectivity index (χ1v) is 14.1. The van der Waals surface area contributed by atoms with E-state index in [0.717, 1.165) is 55.6 Å². The van der Waals surface area contributed by atoms with Gasteiger partial charge in [0.25, 0.3) is 0 Å². The van der Waals surface area contributed by atoms with Gasteiger partial charge in [-0.25, -0.2) is 9.78 Å². The van der Waals surface area contributed by atoms with Crippen LogP contribution in [0, 0.1) is 0 Å². The van der Waals surface area contributed by atoms with Gasteiger partial charge in [-0.05, 0) is 65.7 Å². The molecular weight excluding hydrogens is 558 g/mol. The van der Waals surface area contributed by atoms with E-state index in [1.807, 2.05) is 31.4 Å². The predicted octanol–water partition coefficient (Wildman–Crippen LogP) is 5.16. The van der Waals surface area contributed by atoms with Gasteiger partial charge < -0.3 is 19.9 Å². The van der Waals surface area contributed by atoms with E-state index in [2.05, 4.69) is 36.0 Å². The van der Waals surface area contributed by atoms with Crippen molar-refractivity contribution in [3.63, 3.8) is 0 Å². The molecule has 2 bridgehead atoms. The van der Waals surface area contributed by atoms with Gasteiger partial charge in [0.1, 0.15) is 12.2 Å². The number of H-pyrrole nitrogens is 1. The van der Waals surface area contributed by atoms with Gasteiger partial charge >= 0.3 is 6.09 Å². The number of nitrogens with one attached hydrogen (secondary N) is 3. The smallest absolute Gasteiger partial charge is 0.411 e. The molecule has 2 amide bonds. The Morgan fingerprint density at radius 3 is 2.79 bits per heavy atom. The normalized spacial score (nSPS) is 15.7. The average Bonchev–Trinajstić information content (AvgIpc) is 3.70. The van der Waals surface area contributed by atoms with Crippen molar-refractivity contribution in [2.45, 2.75) is 38.1 Å². The van der Waals surface area contributed by atoms with Crippen LogP contribution in [0.3, 0.4) is 0 Å². The number of halogens is 1. The van der Waals surface area contributed by atoms with Crippen LogP contribution >= 0.6 is 11.6 Å². The molecular formula is C29H32ClN9O3. The largest absolute Gasteiger partial charge is 0.453 e. The molecule has 0 saturated carbocycles. The Morgan fingerprint density at radius 1 is 1.12 bits per heavy atom. The summed E-state index contributed by atoms with van der Waals surface area (Å²) in [5.74, 6) is 0.414. The standard InChI is InChI=1S/C29H32ClN9O3/c1-38-14-6-4-3-5-7-23(28-31-17-24(35-28)22-11-10-21(16-26(22)38)33-29(41)42-2)34-27(40)13-8-19-15-20(30)9-12-25(19)39-18-32-36-37-39/h8-13,15-18,23H,3-7,14H2,1-2H3,(H,31,35)(H,33,41)(H,34,40)/b13-8+. The number of amides is 2. The first kappa shape index (κ1) is 28.8. The summed E-state index contributed by atoms with van der Waals surface area (Å²) in [6.07, 6.45) is 10.7. The van der Waals surface area contributed by atoms with Crippen molar-refractivity contribution in [1.29, 1.82) is 0 Å². The van der Waals surface area contributed by atoms with E-state index >= 15 is 0 Å². The Morgan fingerprint density at radius 2 is 1.98 bits per heavy atom. The van der Waals surface area contributed by atoms with Gasteiger partial charge in [0.2, 0.25) is 5.91 Å². The van der Waals surface area contributed by atoms with Crippen LogP contribution in [0.1, 0.15) is 49.5 Å². The van der Waals surface area contributed by atoms with Gasteiger partial charge in [-0.1, -0.05) is 30.9 Å². The topological polar surface area (TPSA) is 143 Å². The summed E-state index contributed by atoms with van der Waals surface area (Å²) < 4.78 is 6.26. The number of nitrogens with zero attached hydrogens (tertiary/aromatic N) is 6. The number of methoxy groups -OCH3 is 1. The molecule has 0 fully saturated rings. The Balaban J connectivity index is 1.39. The predicted molar refractivity (Wildman–Crippen MR) is 160 cm³/mol. The van der Waals surface area contributed by atoms with Crippen molar-refractivity contribution in [1.82, 2.24) is 35.5 Å². The van der Waals surface area contributed by atoms with Crippen LogP contribution in [0.25, 0.3) is 23.0 Å². The van der Waals surface area contributed by atoms with Gasteiger partial charge in [-0.2, -0.15) is 4.68 Å². The van der Waals surface area contributed by atoms with Crippen LogP contribution in [-0.2, 0) is 9.53 Å². The Hall–Kier alpha value is -4.71. The minimum atomic E-state index is -0.529. The molecule has 3 N–H and O–H groups in total. The van der Waals surface area contributed by atoms with Crippen LogP contribution in [0.15, 0.2) is 55.0 Å². The molecule has 0 radical (unpaired) electrons. The summed E-state index contributed by atoms with van der Waals surface area (Å²) >= 11 is 6.22. The fourth-order valence-electron chi connectivity index (χ4n) is 4.94. The third-order valence-corrected chi connectivity index (χ3v) is 7.33. The molecule has 12 nitrogen and oxygen atoms in total. The van der Waals surface area contributed by atoms with Crippen molar-refractivity contribution in [3.8, 4) is 16.9 Å². The number of tetrazole rings is 1. The number of anilines is 2. The lowest BCUT2D eigenvalue weighted by atomic mass is 10.1. The maximum absolute atomic E-state index is 13.1. The number of aromatic amines is 1. The monoisotopic (exact) mass is 589 g/mol. The molecule has 1 atom stereocenters. The van der Waals surface area contributed by atoms with Gasteiger partial charge in [0, 0.05) is 53.4 Å². The molecule has 1 aliphatic heterocycles. The summed E-state index contributed by atoms with van der Waals surface area (Å²) in [6, 6.07) is 10.6. The summed E-state index contributed by atoms with van der Waals surface area (Å²) in [5.41, 5.74) is 4.62. The molecule has 1 aliphatic rings. The maximum atomic E-state index is 13.1.